The van der Waals surface area contributed by atoms with Crippen LogP contribution in [0.2, 0.25) is 0 Å². The molecule has 51 heavy (non-hydrogen) atoms. The van der Waals surface area contributed by atoms with Crippen LogP contribution in [0.25, 0.3) is 0 Å². The van der Waals surface area contributed by atoms with Gasteiger partial charge in [0.25, 0.3) is 0 Å². The normalized spacial score (nSPS) is 12.5. The molecule has 0 aliphatic heterocycles. The van der Waals surface area contributed by atoms with Crippen LogP contribution >= 0.6 is 0 Å². The number of carbonyl (C=O) groups excluding carboxylic acids is 3. The van der Waals surface area contributed by atoms with Crippen molar-refractivity contribution < 1.29 is 73.1 Å². The second-order valence-electron chi connectivity index (χ2n) is 10.8. The number of benzene rings is 4. The van der Waals surface area contributed by atoms with E-state index in [1.807, 2.05) is 0 Å². The summed E-state index contributed by atoms with van der Waals surface area (Å²) in [6.07, 6.45) is -4.82. The van der Waals surface area contributed by atoms with E-state index in [1.165, 1.54) is 101 Å². The number of hydrogen-bond acceptors (Lipinski definition) is 15. The number of esters is 2. The van der Waals surface area contributed by atoms with Crippen molar-refractivity contribution in [1.29, 1.82) is 0 Å². The minimum absolute atomic E-state index is 0.0519. The molecule has 0 aliphatic carbocycles. The van der Waals surface area contributed by atoms with E-state index in [1.54, 1.807) is 0 Å². The van der Waals surface area contributed by atoms with E-state index >= 15 is 0 Å². The quantitative estimate of drug-likeness (QED) is 0.0830. The van der Waals surface area contributed by atoms with Gasteiger partial charge < -0.3 is 58.7 Å². The van der Waals surface area contributed by atoms with Crippen LogP contribution in [0.3, 0.4) is 0 Å². The summed E-state index contributed by atoms with van der Waals surface area (Å²) in [4.78, 5) is 39.2. The van der Waals surface area contributed by atoms with E-state index in [0.29, 0.717) is 0 Å². The van der Waals surface area contributed by atoms with Crippen molar-refractivity contribution in [3.8, 4) is 46.0 Å². The van der Waals surface area contributed by atoms with E-state index in [4.69, 9.17) is 33.2 Å². The summed E-state index contributed by atoms with van der Waals surface area (Å²) in [7, 11) is 5.09. The van der Waals surface area contributed by atoms with Crippen molar-refractivity contribution >= 4 is 17.7 Å². The van der Waals surface area contributed by atoms with Gasteiger partial charge in [0, 0.05) is 5.56 Å². The van der Waals surface area contributed by atoms with Gasteiger partial charge in [-0.15, -0.1) is 0 Å². The number of ketones is 1. The second-order valence-corrected chi connectivity index (χ2v) is 10.8. The molecule has 3 unspecified atom stereocenters. The summed E-state index contributed by atoms with van der Waals surface area (Å²) in [5, 5.41) is 51.0. The molecular formula is C36H36O15. The summed E-state index contributed by atoms with van der Waals surface area (Å²) in [5.74, 6) is -3.33. The standard InChI is InChI=1S/C36H36O15/c1-45-26-13-22(14-27(46-2)33(26)42)32(41)30(18-50-36(44)20-7-11-24(38)12-8-20)51-34-28(47-3)15-21(16-29(34)48-4)31(40)25(39)17-49-35(43)19-5-9-23(37)10-6-19/h5-16,25,30-31,37-40,42H,17-18H2,1-4H3. The van der Waals surface area contributed by atoms with Crippen molar-refractivity contribution in [2.75, 3.05) is 41.7 Å². The number of rotatable bonds is 16. The highest BCUT2D eigenvalue weighted by Gasteiger charge is 2.31. The molecule has 15 nitrogen and oxygen atoms in total. The lowest BCUT2D eigenvalue weighted by Crippen LogP contribution is -2.34. The molecule has 4 rings (SSSR count). The Morgan fingerprint density at radius 1 is 0.588 bits per heavy atom. The van der Waals surface area contributed by atoms with Crippen LogP contribution in [-0.2, 0) is 9.47 Å². The molecule has 0 bridgehead atoms. The number of carbonyl (C=O) groups is 3. The average molecular weight is 709 g/mol. The van der Waals surface area contributed by atoms with Gasteiger partial charge in [-0.3, -0.25) is 4.79 Å². The van der Waals surface area contributed by atoms with Crippen LogP contribution < -0.4 is 23.7 Å². The lowest BCUT2D eigenvalue weighted by molar-refractivity contribution is -0.0286. The third-order valence-electron chi connectivity index (χ3n) is 7.46. The van der Waals surface area contributed by atoms with Gasteiger partial charge in [0.05, 0.1) is 39.6 Å². The highest BCUT2D eigenvalue weighted by Crippen LogP contribution is 2.42. The smallest absolute Gasteiger partial charge is 0.338 e. The number of phenolic OH excluding ortho intramolecular Hbond substituents is 3. The van der Waals surface area contributed by atoms with Crippen LogP contribution in [0.1, 0.15) is 42.7 Å². The lowest BCUT2D eigenvalue weighted by atomic mass is 10.0. The van der Waals surface area contributed by atoms with E-state index in [-0.39, 0.29) is 68.2 Å². The maximum Gasteiger partial charge on any atom is 0.338 e. The first-order valence-electron chi connectivity index (χ1n) is 15.1. The molecule has 15 heteroatoms. The molecule has 270 valence electrons. The predicted octanol–water partition coefficient (Wildman–Crippen LogP) is 3.58. The van der Waals surface area contributed by atoms with Crippen LogP contribution in [0.4, 0.5) is 0 Å². The summed E-state index contributed by atoms with van der Waals surface area (Å²) in [6, 6.07) is 15.5. The van der Waals surface area contributed by atoms with Crippen molar-refractivity contribution in [3.63, 3.8) is 0 Å². The van der Waals surface area contributed by atoms with Crippen molar-refractivity contribution in [1.82, 2.24) is 0 Å². The molecule has 0 amide bonds. The van der Waals surface area contributed by atoms with Gasteiger partial charge in [-0.2, -0.15) is 0 Å². The van der Waals surface area contributed by atoms with Gasteiger partial charge in [0.1, 0.15) is 36.9 Å². The predicted molar refractivity (Wildman–Crippen MR) is 177 cm³/mol. The lowest BCUT2D eigenvalue weighted by Gasteiger charge is -2.24. The van der Waals surface area contributed by atoms with Crippen LogP contribution in [0.5, 0.6) is 46.0 Å². The van der Waals surface area contributed by atoms with E-state index < -0.39 is 49.2 Å². The number of aromatic hydroxyl groups is 3. The molecule has 3 atom stereocenters. The van der Waals surface area contributed by atoms with E-state index in [9.17, 15) is 39.9 Å². The third-order valence-corrected chi connectivity index (χ3v) is 7.46. The fourth-order valence-electron chi connectivity index (χ4n) is 4.70. The van der Waals surface area contributed by atoms with Crippen LogP contribution in [-0.4, -0.2) is 97.1 Å². The molecule has 4 aromatic rings. The zero-order valence-corrected chi connectivity index (χ0v) is 27.9. The number of Topliss-reactive ketones (excluding diaryl/α,β-unsaturated/α-hetero) is 1. The first-order valence-corrected chi connectivity index (χ1v) is 15.1. The molecule has 0 radical (unpaired) electrons. The summed E-state index contributed by atoms with van der Waals surface area (Å²) in [5.41, 5.74) is 0.190. The average Bonchev–Trinajstić information content (AvgIpc) is 3.14. The Bertz CT molecular complexity index is 1790. The van der Waals surface area contributed by atoms with E-state index in [0.717, 1.165) is 0 Å². The molecule has 0 heterocycles. The fourth-order valence-corrected chi connectivity index (χ4v) is 4.70. The first kappa shape index (κ1) is 37.6. The zero-order chi connectivity index (χ0) is 37.2. The highest BCUT2D eigenvalue weighted by atomic mass is 16.6. The van der Waals surface area contributed by atoms with E-state index in [2.05, 4.69) is 0 Å². The Morgan fingerprint density at radius 3 is 1.45 bits per heavy atom. The van der Waals surface area contributed by atoms with Gasteiger partial charge >= 0.3 is 11.9 Å². The Labute approximate surface area is 291 Å². The minimum atomic E-state index is -1.63. The maximum atomic E-state index is 13.9. The van der Waals surface area contributed by atoms with Gasteiger partial charge in [-0.05, 0) is 78.4 Å². The monoisotopic (exact) mass is 708 g/mol. The molecule has 0 saturated carbocycles. The van der Waals surface area contributed by atoms with Crippen LogP contribution in [0, 0.1) is 0 Å². The number of hydrogen-bond donors (Lipinski definition) is 5. The number of aliphatic hydroxyl groups is 2. The minimum Gasteiger partial charge on any atom is -0.508 e. The van der Waals surface area contributed by atoms with Gasteiger partial charge in [0.2, 0.25) is 17.3 Å². The van der Waals surface area contributed by atoms with Crippen molar-refractivity contribution in [3.05, 3.63) is 95.1 Å². The Hall–Kier alpha value is -6.19. The first-order chi connectivity index (χ1) is 24.4. The largest absolute Gasteiger partial charge is 0.508 e. The molecule has 0 saturated heterocycles. The maximum absolute atomic E-state index is 13.9. The molecule has 0 aliphatic rings. The highest BCUT2D eigenvalue weighted by molar-refractivity contribution is 6.01. The number of aliphatic hydroxyl groups excluding tert-OH is 2. The van der Waals surface area contributed by atoms with Crippen molar-refractivity contribution in [2.45, 2.75) is 18.3 Å². The topological polar surface area (TPSA) is 217 Å². The molecule has 4 aromatic carbocycles. The fraction of sp³-hybridized carbons (Fsp3) is 0.250. The summed E-state index contributed by atoms with van der Waals surface area (Å²) in [6.45, 7) is -1.25. The second kappa shape index (κ2) is 17.0. The van der Waals surface area contributed by atoms with Gasteiger partial charge in [-0.1, -0.05) is 0 Å². The van der Waals surface area contributed by atoms with Crippen LogP contribution in [0.15, 0.2) is 72.8 Å². The van der Waals surface area contributed by atoms with Crippen molar-refractivity contribution in [2.24, 2.45) is 0 Å². The molecule has 5 N–H and O–H groups in total. The Balaban J connectivity index is 1.63. The van der Waals surface area contributed by atoms with Gasteiger partial charge in [-0.25, -0.2) is 9.59 Å². The number of ether oxygens (including phenoxy) is 7. The number of phenols is 3. The SMILES string of the molecule is COc1cc(C(=O)C(COC(=O)c2ccc(O)cc2)Oc2c(OC)cc(C(O)C(O)COC(=O)c3ccc(O)cc3)cc2OC)cc(OC)c1O. The molecule has 0 spiro atoms. The van der Waals surface area contributed by atoms with Gasteiger partial charge in [0.15, 0.2) is 29.1 Å². The third kappa shape index (κ3) is 9.09. The Morgan fingerprint density at radius 2 is 1.02 bits per heavy atom. The zero-order valence-electron chi connectivity index (χ0n) is 27.9. The summed E-state index contributed by atoms with van der Waals surface area (Å²) >= 11 is 0. The number of methoxy groups -OCH3 is 4. The molecular weight excluding hydrogens is 672 g/mol. The molecule has 0 aromatic heterocycles. The Kier molecular flexibility index (Phi) is 12.5. The summed E-state index contributed by atoms with van der Waals surface area (Å²) < 4.78 is 38.0. The molecule has 0 fully saturated rings.